The Hall–Kier alpha value is -2.37. The Kier molecular flexibility index (Phi) is 4.12. The minimum absolute atomic E-state index is 0.0713. The first-order valence-corrected chi connectivity index (χ1v) is 6.04. The average Bonchev–Trinajstić information content (AvgIpc) is 2.89. The molecule has 2 aromatic rings. The lowest BCUT2D eigenvalue weighted by Crippen LogP contribution is -2.30. The maximum atomic E-state index is 11.8. The molecule has 2 aromatic heterocycles. The van der Waals surface area contributed by atoms with Crippen molar-refractivity contribution in [2.24, 2.45) is 0 Å². The molecule has 2 rings (SSSR count). The van der Waals surface area contributed by atoms with Crippen molar-refractivity contribution in [2.75, 3.05) is 5.32 Å². The number of rotatable bonds is 5. The van der Waals surface area contributed by atoms with Crippen molar-refractivity contribution in [2.45, 2.75) is 26.4 Å². The minimum Gasteiger partial charge on any atom is -0.467 e. The van der Waals surface area contributed by atoms with Gasteiger partial charge >= 0.3 is 0 Å². The van der Waals surface area contributed by atoms with Gasteiger partial charge in [0.1, 0.15) is 23.6 Å². The number of anilines is 1. The summed E-state index contributed by atoms with van der Waals surface area (Å²) in [6.45, 7) is 4.31. The number of carbonyl (C=O) groups is 1. The predicted molar refractivity (Wildman–Crippen MR) is 70.7 cm³/mol. The molecule has 0 aromatic carbocycles. The molecule has 2 heterocycles. The lowest BCUT2D eigenvalue weighted by molar-refractivity contribution is 0.0938. The van der Waals surface area contributed by atoms with E-state index in [2.05, 4.69) is 20.6 Å². The Bertz CT molecular complexity index is 537. The molecular weight excluding hydrogens is 244 g/mol. The molecule has 0 unspecified atom stereocenters. The highest BCUT2D eigenvalue weighted by atomic mass is 16.3. The number of nitrogens with one attached hydrogen (secondary N) is 2. The van der Waals surface area contributed by atoms with Crippen molar-refractivity contribution >= 4 is 11.7 Å². The molecule has 0 bridgehead atoms. The van der Waals surface area contributed by atoms with Crippen LogP contribution in [-0.2, 0) is 6.54 Å². The number of nitrogens with zero attached hydrogens (tertiary/aromatic N) is 2. The second-order valence-corrected chi connectivity index (χ2v) is 4.35. The van der Waals surface area contributed by atoms with Crippen LogP contribution < -0.4 is 10.6 Å². The van der Waals surface area contributed by atoms with Crippen LogP contribution in [0.25, 0.3) is 0 Å². The van der Waals surface area contributed by atoms with Crippen molar-refractivity contribution in [3.05, 3.63) is 42.2 Å². The minimum atomic E-state index is -0.210. The van der Waals surface area contributed by atoms with Crippen LogP contribution in [0.4, 0.5) is 5.82 Å². The van der Waals surface area contributed by atoms with Crippen molar-refractivity contribution in [1.29, 1.82) is 0 Å². The summed E-state index contributed by atoms with van der Waals surface area (Å²) in [6, 6.07) is 5.36. The van der Waals surface area contributed by atoms with Gasteiger partial charge in [-0.05, 0) is 26.0 Å². The topological polar surface area (TPSA) is 80.0 Å². The molecule has 0 fully saturated rings. The molecule has 100 valence electrons. The summed E-state index contributed by atoms with van der Waals surface area (Å²) in [5.41, 5.74) is 0.339. The molecule has 0 aliphatic carbocycles. The molecule has 0 aliphatic rings. The summed E-state index contributed by atoms with van der Waals surface area (Å²) in [5, 5.41) is 5.85. The molecule has 19 heavy (non-hydrogen) atoms. The molecule has 0 saturated heterocycles. The summed E-state index contributed by atoms with van der Waals surface area (Å²) in [5.74, 6) is 1.17. The Morgan fingerprint density at radius 2 is 2.26 bits per heavy atom. The van der Waals surface area contributed by atoms with Crippen LogP contribution >= 0.6 is 0 Å². The smallest absolute Gasteiger partial charge is 0.270 e. The molecule has 2 N–H and O–H groups in total. The lowest BCUT2D eigenvalue weighted by atomic mass is 10.3. The van der Waals surface area contributed by atoms with E-state index in [0.29, 0.717) is 18.1 Å². The van der Waals surface area contributed by atoms with Crippen molar-refractivity contribution in [3.63, 3.8) is 0 Å². The molecule has 0 saturated carbocycles. The van der Waals surface area contributed by atoms with Gasteiger partial charge in [0, 0.05) is 12.1 Å². The van der Waals surface area contributed by atoms with Gasteiger partial charge in [-0.2, -0.15) is 0 Å². The molecule has 6 nitrogen and oxygen atoms in total. The summed E-state index contributed by atoms with van der Waals surface area (Å²) in [4.78, 5) is 19.8. The second kappa shape index (κ2) is 5.99. The van der Waals surface area contributed by atoms with Gasteiger partial charge in [0.2, 0.25) is 0 Å². The zero-order valence-corrected chi connectivity index (χ0v) is 10.9. The summed E-state index contributed by atoms with van der Waals surface area (Å²) in [6.07, 6.45) is 2.97. The first kappa shape index (κ1) is 13.1. The number of aromatic nitrogens is 2. The van der Waals surface area contributed by atoms with Crippen molar-refractivity contribution in [3.8, 4) is 0 Å². The SMILES string of the molecule is CC(C)NC(=O)c1cc(NCc2ccco2)ncn1. The van der Waals surface area contributed by atoms with E-state index in [0.717, 1.165) is 5.76 Å². The Balaban J connectivity index is 2.00. The summed E-state index contributed by atoms with van der Waals surface area (Å²) in [7, 11) is 0. The van der Waals surface area contributed by atoms with Gasteiger partial charge in [0.15, 0.2) is 0 Å². The van der Waals surface area contributed by atoms with Crippen LogP contribution in [0.3, 0.4) is 0 Å². The number of furan rings is 1. The third kappa shape index (κ3) is 3.80. The third-order valence-electron chi connectivity index (χ3n) is 2.34. The van der Waals surface area contributed by atoms with Crippen molar-refractivity contribution in [1.82, 2.24) is 15.3 Å². The number of amides is 1. The van der Waals surface area contributed by atoms with Crippen LogP contribution in [0.1, 0.15) is 30.1 Å². The Labute approximate surface area is 111 Å². The quantitative estimate of drug-likeness (QED) is 0.857. The molecule has 0 atom stereocenters. The van der Waals surface area contributed by atoms with Crippen LogP contribution in [0.15, 0.2) is 35.2 Å². The fourth-order valence-corrected chi connectivity index (χ4v) is 1.51. The maximum absolute atomic E-state index is 11.8. The van der Waals surface area contributed by atoms with E-state index in [-0.39, 0.29) is 11.9 Å². The first-order valence-electron chi connectivity index (χ1n) is 6.04. The van der Waals surface area contributed by atoms with Gasteiger partial charge in [-0.1, -0.05) is 0 Å². The van der Waals surface area contributed by atoms with E-state index in [9.17, 15) is 4.79 Å². The maximum Gasteiger partial charge on any atom is 0.270 e. The van der Waals surface area contributed by atoms with Crippen LogP contribution in [0, 0.1) is 0 Å². The molecule has 0 spiro atoms. The van der Waals surface area contributed by atoms with Crippen LogP contribution in [0.2, 0.25) is 0 Å². The first-order chi connectivity index (χ1) is 9.15. The fourth-order valence-electron chi connectivity index (χ4n) is 1.51. The van der Waals surface area contributed by atoms with E-state index in [1.165, 1.54) is 6.33 Å². The molecule has 0 aliphatic heterocycles. The summed E-state index contributed by atoms with van der Waals surface area (Å²) < 4.78 is 5.20. The standard InChI is InChI=1S/C13H16N4O2/c1-9(2)17-13(18)11-6-12(16-8-15-11)14-7-10-4-3-5-19-10/h3-6,8-9H,7H2,1-2H3,(H,17,18)(H,14,15,16). The molecule has 6 heteroatoms. The van der Waals surface area contributed by atoms with Gasteiger partial charge in [-0.25, -0.2) is 9.97 Å². The number of carbonyl (C=O) groups excluding carboxylic acids is 1. The fraction of sp³-hybridized carbons (Fsp3) is 0.308. The van der Waals surface area contributed by atoms with Crippen molar-refractivity contribution < 1.29 is 9.21 Å². The molecule has 0 radical (unpaired) electrons. The van der Waals surface area contributed by atoms with E-state index < -0.39 is 0 Å². The third-order valence-corrected chi connectivity index (χ3v) is 2.34. The lowest BCUT2D eigenvalue weighted by Gasteiger charge is -2.08. The Morgan fingerprint density at radius 3 is 2.95 bits per heavy atom. The number of hydrogen-bond donors (Lipinski definition) is 2. The van der Waals surface area contributed by atoms with Gasteiger partial charge in [0.05, 0.1) is 12.8 Å². The zero-order valence-electron chi connectivity index (χ0n) is 10.9. The number of hydrogen-bond acceptors (Lipinski definition) is 5. The van der Waals surface area contributed by atoms with Gasteiger partial charge in [0.25, 0.3) is 5.91 Å². The zero-order chi connectivity index (χ0) is 13.7. The Morgan fingerprint density at radius 1 is 1.42 bits per heavy atom. The summed E-state index contributed by atoms with van der Waals surface area (Å²) >= 11 is 0. The predicted octanol–water partition coefficient (Wildman–Crippen LogP) is 1.82. The van der Waals surface area contributed by atoms with Gasteiger partial charge in [-0.15, -0.1) is 0 Å². The largest absolute Gasteiger partial charge is 0.467 e. The highest BCUT2D eigenvalue weighted by molar-refractivity contribution is 5.92. The van der Waals surface area contributed by atoms with Crippen LogP contribution in [0.5, 0.6) is 0 Å². The van der Waals surface area contributed by atoms with E-state index in [1.807, 2.05) is 26.0 Å². The molecular formula is C13H16N4O2. The monoisotopic (exact) mass is 260 g/mol. The highest BCUT2D eigenvalue weighted by Gasteiger charge is 2.09. The average molecular weight is 260 g/mol. The second-order valence-electron chi connectivity index (χ2n) is 4.35. The van der Waals surface area contributed by atoms with E-state index >= 15 is 0 Å². The van der Waals surface area contributed by atoms with Gasteiger partial charge < -0.3 is 15.1 Å². The normalized spacial score (nSPS) is 10.5. The van der Waals surface area contributed by atoms with E-state index in [4.69, 9.17) is 4.42 Å². The van der Waals surface area contributed by atoms with E-state index in [1.54, 1.807) is 12.3 Å². The highest BCUT2D eigenvalue weighted by Crippen LogP contribution is 2.07. The van der Waals surface area contributed by atoms with Gasteiger partial charge in [-0.3, -0.25) is 4.79 Å². The molecule has 1 amide bonds. The van der Waals surface area contributed by atoms with Crippen LogP contribution in [-0.4, -0.2) is 21.9 Å².